The number of nitrogens with one attached hydrogen (secondary N) is 1. The van der Waals surface area contributed by atoms with E-state index in [2.05, 4.69) is 21.3 Å². The maximum Gasteiger partial charge on any atom is 0.432 e. The molecule has 1 aromatic carbocycles. The first-order valence-electron chi connectivity index (χ1n) is 8.00. The monoisotopic (exact) mass is 362 g/mol. The summed E-state index contributed by atoms with van der Waals surface area (Å²) < 4.78 is 10.7. The van der Waals surface area contributed by atoms with Crippen molar-refractivity contribution >= 4 is 22.6 Å². The summed E-state index contributed by atoms with van der Waals surface area (Å²) in [7, 11) is 0. The number of fused-ring (bicyclic) bond motifs is 1. The molecular weight excluding hydrogens is 344 g/mol. The molecule has 0 spiro atoms. The molecule has 0 unspecified atom stereocenters. The van der Waals surface area contributed by atoms with Crippen LogP contribution in [0.1, 0.15) is 5.56 Å². The molecule has 2 aromatic rings. The van der Waals surface area contributed by atoms with E-state index in [4.69, 9.17) is 14.3 Å². The van der Waals surface area contributed by atoms with E-state index < -0.39 is 6.09 Å². The van der Waals surface area contributed by atoms with Gasteiger partial charge in [-0.05, 0) is 17.7 Å². The Balaban J connectivity index is 1.23. The van der Waals surface area contributed by atoms with Crippen molar-refractivity contribution in [1.29, 1.82) is 0 Å². The first-order valence-corrected chi connectivity index (χ1v) is 8.88. The predicted octanol–water partition coefficient (Wildman–Crippen LogP) is 2.15. The van der Waals surface area contributed by atoms with Crippen LogP contribution in [0.4, 0.5) is 9.93 Å². The number of carbonyl (C=O) groups is 1. The van der Waals surface area contributed by atoms with Crippen molar-refractivity contribution in [2.45, 2.75) is 6.54 Å². The first kappa shape index (κ1) is 16.1. The summed E-state index contributed by atoms with van der Waals surface area (Å²) in [5.74, 6) is 1.60. The van der Waals surface area contributed by atoms with Gasteiger partial charge in [0.2, 0.25) is 6.79 Å². The van der Waals surface area contributed by atoms with Crippen molar-refractivity contribution in [2.75, 3.05) is 38.3 Å². The molecule has 1 saturated heterocycles. The molecule has 4 rings (SSSR count). The highest BCUT2D eigenvalue weighted by molar-refractivity contribution is 7.13. The van der Waals surface area contributed by atoms with Gasteiger partial charge >= 0.3 is 6.09 Å². The lowest BCUT2D eigenvalue weighted by atomic mass is 10.2. The Kier molecular flexibility index (Phi) is 4.68. The van der Waals surface area contributed by atoms with Crippen LogP contribution in [0.5, 0.6) is 11.5 Å². The van der Waals surface area contributed by atoms with Gasteiger partial charge in [-0.25, -0.2) is 9.78 Å². The summed E-state index contributed by atoms with van der Waals surface area (Å²) in [6.45, 7) is 4.08. The second-order valence-electron chi connectivity index (χ2n) is 5.73. The molecule has 9 heteroatoms. The maximum atomic E-state index is 11.8. The van der Waals surface area contributed by atoms with Gasteiger partial charge in [0, 0.05) is 44.3 Å². The normalized spacial score (nSPS) is 17.4. The highest BCUT2D eigenvalue weighted by Crippen LogP contribution is 2.32. The van der Waals surface area contributed by atoms with Crippen LogP contribution >= 0.6 is 11.3 Å². The number of carbonyl (C=O) groups excluding carboxylic acids is 1. The molecule has 25 heavy (non-hydrogen) atoms. The Morgan fingerprint density at radius 2 is 2.08 bits per heavy atom. The SMILES string of the molecule is O=C(Nc1nccs1)ON1CCN(Cc2ccc3c(c2)OCO3)CC1. The molecule has 1 N–H and O–H groups in total. The molecule has 0 atom stereocenters. The Morgan fingerprint density at radius 3 is 2.88 bits per heavy atom. The van der Waals surface area contributed by atoms with Crippen LogP contribution in [0, 0.1) is 0 Å². The molecule has 1 amide bonds. The molecule has 2 aliphatic rings. The quantitative estimate of drug-likeness (QED) is 0.893. The molecular formula is C16H18N4O4S. The minimum atomic E-state index is -0.501. The number of piperazine rings is 1. The Bertz CT molecular complexity index is 732. The average molecular weight is 362 g/mol. The Morgan fingerprint density at radius 1 is 1.24 bits per heavy atom. The second kappa shape index (κ2) is 7.26. The number of ether oxygens (including phenoxy) is 2. The minimum Gasteiger partial charge on any atom is -0.454 e. The maximum absolute atomic E-state index is 11.8. The number of thiazole rings is 1. The summed E-state index contributed by atoms with van der Waals surface area (Å²) in [6.07, 6.45) is 1.13. The molecule has 3 heterocycles. The molecule has 2 aliphatic heterocycles. The van der Waals surface area contributed by atoms with Gasteiger partial charge < -0.3 is 14.3 Å². The van der Waals surface area contributed by atoms with Crippen LogP contribution in [0.3, 0.4) is 0 Å². The number of amides is 1. The van der Waals surface area contributed by atoms with Gasteiger partial charge in [0.05, 0.1) is 0 Å². The fourth-order valence-corrected chi connectivity index (χ4v) is 3.30. The molecule has 1 fully saturated rings. The van der Waals surface area contributed by atoms with E-state index in [1.54, 1.807) is 16.6 Å². The number of nitrogens with zero attached hydrogens (tertiary/aromatic N) is 3. The van der Waals surface area contributed by atoms with Crippen LogP contribution in [-0.4, -0.2) is 54.0 Å². The lowest BCUT2D eigenvalue weighted by molar-refractivity contribution is -0.119. The third-order valence-electron chi connectivity index (χ3n) is 4.03. The van der Waals surface area contributed by atoms with Gasteiger partial charge in [0.15, 0.2) is 16.6 Å². The molecule has 0 aliphatic carbocycles. The molecule has 0 bridgehead atoms. The van der Waals surface area contributed by atoms with E-state index >= 15 is 0 Å². The van der Waals surface area contributed by atoms with Crippen LogP contribution in [0.15, 0.2) is 29.8 Å². The van der Waals surface area contributed by atoms with Crippen LogP contribution < -0.4 is 14.8 Å². The molecule has 1 aromatic heterocycles. The van der Waals surface area contributed by atoms with Crippen molar-refractivity contribution < 1.29 is 19.1 Å². The van der Waals surface area contributed by atoms with Crippen molar-refractivity contribution in [3.8, 4) is 11.5 Å². The Hall–Kier alpha value is -2.36. The number of hydrogen-bond acceptors (Lipinski definition) is 8. The second-order valence-corrected chi connectivity index (χ2v) is 6.63. The fourth-order valence-electron chi connectivity index (χ4n) is 2.79. The third kappa shape index (κ3) is 4.01. The smallest absolute Gasteiger partial charge is 0.432 e. The predicted molar refractivity (Wildman–Crippen MR) is 91.6 cm³/mol. The standard InChI is InChI=1S/C16H18N4O4S/c21-16(18-15-17-3-8-25-15)24-20-6-4-19(5-7-20)10-12-1-2-13-14(9-12)23-11-22-13/h1-3,8-9H,4-7,10-11H2,(H,17,18,21). The summed E-state index contributed by atoms with van der Waals surface area (Å²) in [5, 5.41) is 6.62. The zero-order chi connectivity index (χ0) is 17.1. The lowest BCUT2D eigenvalue weighted by Gasteiger charge is -2.33. The van der Waals surface area contributed by atoms with E-state index in [1.165, 1.54) is 16.9 Å². The third-order valence-corrected chi connectivity index (χ3v) is 4.72. The van der Waals surface area contributed by atoms with Crippen molar-refractivity contribution in [3.63, 3.8) is 0 Å². The number of anilines is 1. The number of hydroxylamine groups is 2. The summed E-state index contributed by atoms with van der Waals surface area (Å²) in [6, 6.07) is 6.02. The van der Waals surface area contributed by atoms with Gasteiger partial charge in [0.25, 0.3) is 0 Å². The number of benzene rings is 1. The van der Waals surface area contributed by atoms with E-state index in [-0.39, 0.29) is 6.79 Å². The summed E-state index contributed by atoms with van der Waals surface area (Å²) >= 11 is 1.35. The topological polar surface area (TPSA) is 76.2 Å². The van der Waals surface area contributed by atoms with Crippen molar-refractivity contribution in [2.24, 2.45) is 0 Å². The minimum absolute atomic E-state index is 0.290. The summed E-state index contributed by atoms with van der Waals surface area (Å²) in [5.41, 5.74) is 1.18. The van der Waals surface area contributed by atoms with Crippen LogP contribution in [0.2, 0.25) is 0 Å². The number of rotatable bonds is 4. The zero-order valence-electron chi connectivity index (χ0n) is 13.5. The van der Waals surface area contributed by atoms with E-state index in [9.17, 15) is 4.79 Å². The first-order chi connectivity index (χ1) is 12.3. The van der Waals surface area contributed by atoms with Crippen molar-refractivity contribution in [3.05, 3.63) is 35.3 Å². The van der Waals surface area contributed by atoms with Gasteiger partial charge in [0.1, 0.15) is 0 Å². The molecule has 8 nitrogen and oxygen atoms in total. The highest BCUT2D eigenvalue weighted by atomic mass is 32.1. The zero-order valence-corrected chi connectivity index (χ0v) is 14.3. The van der Waals surface area contributed by atoms with E-state index in [0.717, 1.165) is 31.1 Å². The molecule has 132 valence electrons. The Labute approximate surface area is 148 Å². The fraction of sp³-hybridized carbons (Fsp3) is 0.375. The van der Waals surface area contributed by atoms with E-state index in [1.807, 2.05) is 12.1 Å². The van der Waals surface area contributed by atoms with Crippen LogP contribution in [0.25, 0.3) is 0 Å². The van der Waals surface area contributed by atoms with Gasteiger partial charge in [-0.3, -0.25) is 10.2 Å². The van der Waals surface area contributed by atoms with Gasteiger partial charge in [-0.2, -0.15) is 0 Å². The molecule has 0 radical (unpaired) electrons. The van der Waals surface area contributed by atoms with Gasteiger partial charge in [-0.1, -0.05) is 6.07 Å². The summed E-state index contributed by atoms with van der Waals surface area (Å²) in [4.78, 5) is 23.4. The largest absolute Gasteiger partial charge is 0.454 e. The van der Waals surface area contributed by atoms with Crippen molar-refractivity contribution in [1.82, 2.24) is 14.9 Å². The van der Waals surface area contributed by atoms with Crippen LogP contribution in [-0.2, 0) is 11.4 Å². The van der Waals surface area contributed by atoms with E-state index in [0.29, 0.717) is 18.2 Å². The molecule has 0 saturated carbocycles. The van der Waals surface area contributed by atoms with Gasteiger partial charge in [-0.15, -0.1) is 16.4 Å². The average Bonchev–Trinajstić information content (AvgIpc) is 3.27. The number of aromatic nitrogens is 1. The number of hydrogen-bond donors (Lipinski definition) is 1. The highest BCUT2D eigenvalue weighted by Gasteiger charge is 2.21. The lowest BCUT2D eigenvalue weighted by Crippen LogP contribution is -2.46.